The zero-order chi connectivity index (χ0) is 10.7. The van der Waals surface area contributed by atoms with Gasteiger partial charge in [-0.05, 0) is 18.6 Å². The number of nitrogens with one attached hydrogen (secondary N) is 2. The molecule has 15 heavy (non-hydrogen) atoms. The Morgan fingerprint density at radius 1 is 1.67 bits per heavy atom. The van der Waals surface area contributed by atoms with E-state index in [0.717, 1.165) is 12.2 Å². The lowest BCUT2D eigenvalue weighted by atomic mass is 10.2. The third-order valence-electron chi connectivity index (χ3n) is 2.39. The van der Waals surface area contributed by atoms with Gasteiger partial charge in [-0.1, -0.05) is 0 Å². The number of nitrogens with two attached hydrogens (primary N) is 1. The number of aromatic amines is 1. The Balaban J connectivity index is 2.09. The molecule has 4 N–H and O–H groups in total. The maximum absolute atomic E-state index is 11.2. The molecule has 0 bridgehead atoms. The van der Waals surface area contributed by atoms with E-state index in [0.29, 0.717) is 11.9 Å². The molecule has 0 amide bonds. The first-order valence-electron chi connectivity index (χ1n) is 4.95. The summed E-state index contributed by atoms with van der Waals surface area (Å²) >= 11 is 1.92. The van der Waals surface area contributed by atoms with Crippen molar-refractivity contribution in [3.05, 3.63) is 16.7 Å². The normalized spacial score (nSPS) is 21.2. The van der Waals surface area contributed by atoms with E-state index >= 15 is 0 Å². The molecular formula is C9H14N4OS. The Labute approximate surface area is 91.9 Å². The van der Waals surface area contributed by atoms with Crippen LogP contribution in [0.25, 0.3) is 0 Å². The Bertz CT molecular complexity index is 386. The quantitative estimate of drug-likeness (QED) is 0.690. The molecular weight excluding hydrogens is 212 g/mol. The van der Waals surface area contributed by atoms with Gasteiger partial charge in [-0.15, -0.1) is 0 Å². The third-order valence-corrected chi connectivity index (χ3v) is 3.61. The molecule has 0 spiro atoms. The summed E-state index contributed by atoms with van der Waals surface area (Å²) in [7, 11) is 0. The SMILES string of the molecule is Nc1c(NC2CCCSC2)nc[nH]c1=O. The second-order valence-corrected chi connectivity index (χ2v) is 4.70. The lowest BCUT2D eigenvalue weighted by molar-refractivity contribution is 0.682. The van der Waals surface area contributed by atoms with Gasteiger partial charge in [0.2, 0.25) is 0 Å². The minimum Gasteiger partial charge on any atom is -0.391 e. The summed E-state index contributed by atoms with van der Waals surface area (Å²) < 4.78 is 0. The van der Waals surface area contributed by atoms with Crippen LogP contribution in [-0.4, -0.2) is 27.5 Å². The topological polar surface area (TPSA) is 83.8 Å². The second-order valence-electron chi connectivity index (χ2n) is 3.55. The summed E-state index contributed by atoms with van der Waals surface area (Å²) in [6.45, 7) is 0. The lowest BCUT2D eigenvalue weighted by Crippen LogP contribution is -2.28. The molecule has 1 aliphatic heterocycles. The van der Waals surface area contributed by atoms with Crippen molar-refractivity contribution in [2.75, 3.05) is 22.6 Å². The fourth-order valence-corrected chi connectivity index (χ4v) is 2.65. The van der Waals surface area contributed by atoms with Crippen LogP contribution >= 0.6 is 11.8 Å². The van der Waals surface area contributed by atoms with Crippen LogP contribution in [0, 0.1) is 0 Å². The van der Waals surface area contributed by atoms with Gasteiger partial charge in [0.1, 0.15) is 5.69 Å². The number of rotatable bonds is 2. The van der Waals surface area contributed by atoms with Crippen LogP contribution < -0.4 is 16.6 Å². The van der Waals surface area contributed by atoms with E-state index in [1.54, 1.807) is 0 Å². The molecule has 0 saturated carbocycles. The maximum Gasteiger partial charge on any atom is 0.276 e. The van der Waals surface area contributed by atoms with Crippen LogP contribution in [0.4, 0.5) is 11.5 Å². The van der Waals surface area contributed by atoms with Crippen molar-refractivity contribution in [2.45, 2.75) is 18.9 Å². The molecule has 1 fully saturated rings. The van der Waals surface area contributed by atoms with Crippen molar-refractivity contribution in [3.63, 3.8) is 0 Å². The first-order chi connectivity index (χ1) is 7.27. The summed E-state index contributed by atoms with van der Waals surface area (Å²) in [5.74, 6) is 2.77. The van der Waals surface area contributed by atoms with Crippen molar-refractivity contribution >= 4 is 23.3 Å². The number of H-pyrrole nitrogens is 1. The van der Waals surface area contributed by atoms with Crippen LogP contribution in [0.3, 0.4) is 0 Å². The monoisotopic (exact) mass is 226 g/mol. The Morgan fingerprint density at radius 3 is 3.27 bits per heavy atom. The summed E-state index contributed by atoms with van der Waals surface area (Å²) in [5.41, 5.74) is 5.52. The fourth-order valence-electron chi connectivity index (χ4n) is 1.57. The van der Waals surface area contributed by atoms with Gasteiger partial charge < -0.3 is 16.0 Å². The molecule has 2 heterocycles. The molecule has 0 radical (unpaired) electrons. The number of nitrogen functional groups attached to an aromatic ring is 1. The van der Waals surface area contributed by atoms with Gasteiger partial charge >= 0.3 is 0 Å². The molecule has 5 nitrogen and oxygen atoms in total. The molecule has 6 heteroatoms. The minimum atomic E-state index is -0.282. The van der Waals surface area contributed by atoms with Gasteiger partial charge in [-0.3, -0.25) is 4.79 Å². The number of hydrogen-bond acceptors (Lipinski definition) is 5. The Kier molecular flexibility index (Phi) is 3.15. The van der Waals surface area contributed by atoms with Gasteiger partial charge in [0.25, 0.3) is 5.56 Å². The zero-order valence-electron chi connectivity index (χ0n) is 8.32. The highest BCUT2D eigenvalue weighted by atomic mass is 32.2. The highest BCUT2D eigenvalue weighted by molar-refractivity contribution is 7.99. The van der Waals surface area contributed by atoms with E-state index in [2.05, 4.69) is 15.3 Å². The first-order valence-corrected chi connectivity index (χ1v) is 6.10. The number of hydrogen-bond donors (Lipinski definition) is 3. The van der Waals surface area contributed by atoms with E-state index in [1.807, 2.05) is 11.8 Å². The van der Waals surface area contributed by atoms with Crippen molar-refractivity contribution in [3.8, 4) is 0 Å². The van der Waals surface area contributed by atoms with Crippen LogP contribution in [0.2, 0.25) is 0 Å². The zero-order valence-corrected chi connectivity index (χ0v) is 9.14. The van der Waals surface area contributed by atoms with Crippen LogP contribution in [0.1, 0.15) is 12.8 Å². The smallest absolute Gasteiger partial charge is 0.276 e. The number of thioether (sulfide) groups is 1. The molecule has 1 aliphatic rings. The highest BCUT2D eigenvalue weighted by Gasteiger charge is 2.15. The summed E-state index contributed by atoms with van der Waals surface area (Å²) in [6.07, 6.45) is 3.68. The van der Waals surface area contributed by atoms with E-state index in [-0.39, 0.29) is 11.2 Å². The van der Waals surface area contributed by atoms with Gasteiger partial charge in [0.15, 0.2) is 5.82 Å². The fraction of sp³-hybridized carbons (Fsp3) is 0.556. The van der Waals surface area contributed by atoms with Crippen molar-refractivity contribution in [2.24, 2.45) is 0 Å². The molecule has 1 atom stereocenters. The molecule has 1 aromatic rings. The van der Waals surface area contributed by atoms with Gasteiger partial charge in [-0.2, -0.15) is 11.8 Å². The minimum absolute atomic E-state index is 0.174. The number of anilines is 2. The Hall–Kier alpha value is -1.17. The van der Waals surface area contributed by atoms with Gasteiger partial charge in [-0.25, -0.2) is 4.98 Å². The number of aromatic nitrogens is 2. The molecule has 0 aromatic carbocycles. The molecule has 82 valence electrons. The maximum atomic E-state index is 11.2. The van der Waals surface area contributed by atoms with E-state index < -0.39 is 0 Å². The van der Waals surface area contributed by atoms with Crippen molar-refractivity contribution in [1.29, 1.82) is 0 Å². The average molecular weight is 226 g/mol. The Morgan fingerprint density at radius 2 is 2.53 bits per heavy atom. The largest absolute Gasteiger partial charge is 0.391 e. The second kappa shape index (κ2) is 4.57. The molecule has 0 aliphatic carbocycles. The summed E-state index contributed by atoms with van der Waals surface area (Å²) in [5, 5.41) is 3.21. The summed E-state index contributed by atoms with van der Waals surface area (Å²) in [4.78, 5) is 17.7. The van der Waals surface area contributed by atoms with Crippen molar-refractivity contribution < 1.29 is 0 Å². The lowest BCUT2D eigenvalue weighted by Gasteiger charge is -2.23. The average Bonchev–Trinajstić information content (AvgIpc) is 2.26. The van der Waals surface area contributed by atoms with Gasteiger partial charge in [0, 0.05) is 11.8 Å². The highest BCUT2D eigenvalue weighted by Crippen LogP contribution is 2.20. The third kappa shape index (κ3) is 2.44. The number of nitrogens with zero attached hydrogens (tertiary/aromatic N) is 1. The van der Waals surface area contributed by atoms with Crippen LogP contribution in [0.15, 0.2) is 11.1 Å². The predicted octanol–water partition coefficient (Wildman–Crippen LogP) is 0.660. The molecule has 1 unspecified atom stereocenters. The van der Waals surface area contributed by atoms with Crippen molar-refractivity contribution in [1.82, 2.24) is 9.97 Å². The van der Waals surface area contributed by atoms with Gasteiger partial charge in [0.05, 0.1) is 6.33 Å². The molecule has 1 saturated heterocycles. The molecule has 2 rings (SSSR count). The van der Waals surface area contributed by atoms with Crippen LogP contribution in [-0.2, 0) is 0 Å². The van der Waals surface area contributed by atoms with Crippen LogP contribution in [0.5, 0.6) is 0 Å². The standard InChI is InChI=1S/C9H14N4OS/c10-7-8(11-5-12-9(7)14)13-6-2-1-3-15-4-6/h5-6H,1-4,10H2,(H2,11,12,13,14). The summed E-state index contributed by atoms with van der Waals surface area (Å²) in [6, 6.07) is 0.375. The van der Waals surface area contributed by atoms with E-state index in [9.17, 15) is 4.79 Å². The van der Waals surface area contributed by atoms with E-state index in [1.165, 1.54) is 18.5 Å². The predicted molar refractivity (Wildman–Crippen MR) is 63.2 cm³/mol. The molecule has 1 aromatic heterocycles. The van der Waals surface area contributed by atoms with E-state index in [4.69, 9.17) is 5.73 Å². The first kappa shape index (κ1) is 10.4.